The van der Waals surface area contributed by atoms with E-state index in [1.54, 1.807) is 4.57 Å². The first-order valence-electron chi connectivity index (χ1n) is 7.26. The van der Waals surface area contributed by atoms with Gasteiger partial charge in [0.25, 0.3) is 5.56 Å². The van der Waals surface area contributed by atoms with Crippen molar-refractivity contribution in [2.45, 2.75) is 20.0 Å². The van der Waals surface area contributed by atoms with Crippen molar-refractivity contribution in [3.8, 4) is 5.69 Å². The van der Waals surface area contributed by atoms with Crippen LogP contribution in [0.3, 0.4) is 0 Å². The molecule has 2 heterocycles. The standard InChI is InChI=1S/C16H14F2N4O2/c1-3-7-21-15(23)13-14(19-9-20(13)4-2)22(16(21)24)12-6-5-10(17)8-11(12)18/h3,5-6,8-9H,1,4,7H2,2H3. The molecule has 0 N–H and O–H groups in total. The molecule has 0 saturated heterocycles. The normalized spacial score (nSPS) is 11.1. The lowest BCUT2D eigenvalue weighted by molar-refractivity contribution is 0.573. The highest BCUT2D eigenvalue weighted by molar-refractivity contribution is 5.72. The second kappa shape index (κ2) is 5.88. The number of fused-ring (bicyclic) bond motifs is 1. The molecule has 8 heteroatoms. The van der Waals surface area contributed by atoms with Crippen LogP contribution in [0.5, 0.6) is 0 Å². The van der Waals surface area contributed by atoms with Crippen LogP contribution in [0, 0.1) is 11.6 Å². The first-order chi connectivity index (χ1) is 11.5. The zero-order chi connectivity index (χ0) is 17.4. The highest BCUT2D eigenvalue weighted by Gasteiger charge is 2.20. The fourth-order valence-electron chi connectivity index (χ4n) is 2.59. The Morgan fingerprint density at radius 2 is 2.04 bits per heavy atom. The molecule has 3 rings (SSSR count). The van der Waals surface area contributed by atoms with Gasteiger partial charge in [-0.05, 0) is 19.1 Å². The minimum Gasteiger partial charge on any atom is -0.325 e. The van der Waals surface area contributed by atoms with Crippen molar-refractivity contribution in [3.63, 3.8) is 0 Å². The quantitative estimate of drug-likeness (QED) is 0.685. The van der Waals surface area contributed by atoms with Crippen LogP contribution in [0.4, 0.5) is 8.78 Å². The van der Waals surface area contributed by atoms with Crippen LogP contribution in [0.15, 0.2) is 46.8 Å². The molecule has 1 aromatic carbocycles. The number of benzene rings is 1. The summed E-state index contributed by atoms with van der Waals surface area (Å²) >= 11 is 0. The van der Waals surface area contributed by atoms with Gasteiger partial charge in [-0.25, -0.2) is 23.1 Å². The molecule has 2 aromatic heterocycles. The average molecular weight is 332 g/mol. The maximum absolute atomic E-state index is 14.2. The molecular weight excluding hydrogens is 318 g/mol. The number of allylic oxidation sites excluding steroid dienone is 1. The molecule has 124 valence electrons. The van der Waals surface area contributed by atoms with Crippen molar-refractivity contribution in [1.29, 1.82) is 0 Å². The summed E-state index contributed by atoms with van der Waals surface area (Å²) in [6.45, 7) is 5.75. The fraction of sp³-hybridized carbons (Fsp3) is 0.188. The number of halogens is 2. The smallest absolute Gasteiger partial charge is 0.325 e. The first-order valence-corrected chi connectivity index (χ1v) is 7.26. The summed E-state index contributed by atoms with van der Waals surface area (Å²) in [6.07, 6.45) is 2.80. The summed E-state index contributed by atoms with van der Waals surface area (Å²) in [5.74, 6) is -1.69. The van der Waals surface area contributed by atoms with Gasteiger partial charge >= 0.3 is 5.69 Å². The number of aryl methyl sites for hydroxylation is 1. The van der Waals surface area contributed by atoms with Gasteiger partial charge in [0.2, 0.25) is 0 Å². The summed E-state index contributed by atoms with van der Waals surface area (Å²) in [6, 6.07) is 2.85. The van der Waals surface area contributed by atoms with Gasteiger partial charge in [0.05, 0.1) is 12.0 Å². The average Bonchev–Trinajstić information content (AvgIpc) is 2.97. The SMILES string of the molecule is C=CCn1c(=O)c2c(ncn2CC)n(-c2ccc(F)cc2F)c1=O. The number of hydrogen-bond acceptors (Lipinski definition) is 3. The molecule has 3 aromatic rings. The summed E-state index contributed by atoms with van der Waals surface area (Å²) in [7, 11) is 0. The molecule has 24 heavy (non-hydrogen) atoms. The van der Waals surface area contributed by atoms with Gasteiger partial charge in [-0.1, -0.05) is 6.08 Å². The third kappa shape index (κ3) is 2.27. The van der Waals surface area contributed by atoms with Crippen LogP contribution in [0.2, 0.25) is 0 Å². The summed E-state index contributed by atoms with van der Waals surface area (Å²) in [5, 5.41) is 0. The van der Waals surface area contributed by atoms with E-state index in [2.05, 4.69) is 11.6 Å². The van der Waals surface area contributed by atoms with Gasteiger partial charge < -0.3 is 4.57 Å². The third-order valence-corrected chi connectivity index (χ3v) is 3.70. The number of rotatable bonds is 4. The van der Waals surface area contributed by atoms with Gasteiger partial charge in [0, 0.05) is 19.2 Å². The van der Waals surface area contributed by atoms with E-state index in [0.29, 0.717) is 12.6 Å². The molecule has 0 radical (unpaired) electrons. The number of nitrogens with zero attached hydrogens (tertiary/aromatic N) is 4. The van der Waals surface area contributed by atoms with E-state index in [1.165, 1.54) is 12.4 Å². The van der Waals surface area contributed by atoms with Gasteiger partial charge in [-0.15, -0.1) is 6.58 Å². The van der Waals surface area contributed by atoms with Crippen molar-refractivity contribution in [2.24, 2.45) is 0 Å². The molecular formula is C16H14F2N4O2. The van der Waals surface area contributed by atoms with E-state index in [9.17, 15) is 18.4 Å². The van der Waals surface area contributed by atoms with E-state index in [0.717, 1.165) is 21.3 Å². The Bertz CT molecular complexity index is 1060. The van der Waals surface area contributed by atoms with Crippen molar-refractivity contribution in [1.82, 2.24) is 18.7 Å². The van der Waals surface area contributed by atoms with E-state index in [4.69, 9.17) is 0 Å². The number of hydrogen-bond donors (Lipinski definition) is 0. The fourth-order valence-corrected chi connectivity index (χ4v) is 2.59. The van der Waals surface area contributed by atoms with Crippen LogP contribution in [0.25, 0.3) is 16.9 Å². The highest BCUT2D eigenvalue weighted by Crippen LogP contribution is 2.17. The van der Waals surface area contributed by atoms with E-state index >= 15 is 0 Å². The van der Waals surface area contributed by atoms with Crippen molar-refractivity contribution >= 4 is 11.2 Å². The highest BCUT2D eigenvalue weighted by atomic mass is 19.1. The molecule has 0 amide bonds. The number of aromatic nitrogens is 4. The second-order valence-corrected chi connectivity index (χ2v) is 5.12. The lowest BCUT2D eigenvalue weighted by atomic mass is 10.3. The summed E-state index contributed by atoms with van der Waals surface area (Å²) in [5.41, 5.74) is -1.28. The first kappa shape index (κ1) is 15.9. The molecule has 0 fully saturated rings. The largest absolute Gasteiger partial charge is 0.337 e. The third-order valence-electron chi connectivity index (χ3n) is 3.70. The summed E-state index contributed by atoms with van der Waals surface area (Å²) in [4.78, 5) is 29.4. The van der Waals surface area contributed by atoms with Crippen molar-refractivity contribution in [2.75, 3.05) is 0 Å². The lowest BCUT2D eigenvalue weighted by Gasteiger charge is -2.12. The van der Waals surface area contributed by atoms with Crippen LogP contribution in [0.1, 0.15) is 6.92 Å². The minimum absolute atomic E-state index is 0.0256. The Morgan fingerprint density at radius 1 is 1.29 bits per heavy atom. The second-order valence-electron chi connectivity index (χ2n) is 5.12. The zero-order valence-corrected chi connectivity index (χ0v) is 12.9. The Labute approximate surface area is 134 Å². The van der Waals surface area contributed by atoms with E-state index in [1.807, 2.05) is 6.92 Å². The molecule has 0 aliphatic carbocycles. The monoisotopic (exact) mass is 332 g/mol. The molecule has 0 atom stereocenters. The van der Waals surface area contributed by atoms with Crippen LogP contribution in [-0.4, -0.2) is 18.7 Å². The van der Waals surface area contributed by atoms with Gasteiger partial charge in [0.1, 0.15) is 11.6 Å². The Kier molecular flexibility index (Phi) is 3.88. The number of imidazole rings is 1. The maximum Gasteiger partial charge on any atom is 0.337 e. The Morgan fingerprint density at radius 3 is 2.67 bits per heavy atom. The van der Waals surface area contributed by atoms with E-state index < -0.39 is 22.9 Å². The molecule has 0 aliphatic rings. The molecule has 0 aliphatic heterocycles. The summed E-state index contributed by atoms with van der Waals surface area (Å²) < 4.78 is 30.9. The van der Waals surface area contributed by atoms with Gasteiger partial charge in [-0.3, -0.25) is 9.36 Å². The molecule has 0 spiro atoms. The minimum atomic E-state index is -0.923. The maximum atomic E-state index is 14.2. The van der Waals surface area contributed by atoms with Crippen molar-refractivity contribution in [3.05, 3.63) is 69.7 Å². The van der Waals surface area contributed by atoms with E-state index in [-0.39, 0.29) is 23.4 Å². The topological polar surface area (TPSA) is 61.8 Å². The molecule has 0 saturated carbocycles. The molecule has 0 unspecified atom stereocenters. The zero-order valence-electron chi connectivity index (χ0n) is 12.9. The van der Waals surface area contributed by atoms with Crippen LogP contribution in [-0.2, 0) is 13.1 Å². The predicted octanol–water partition coefficient (Wildman–Crippen LogP) is 1.83. The molecule has 0 bridgehead atoms. The van der Waals surface area contributed by atoms with Crippen molar-refractivity contribution < 1.29 is 8.78 Å². The Balaban J connectivity index is 2.51. The van der Waals surface area contributed by atoms with Crippen LogP contribution < -0.4 is 11.2 Å². The lowest BCUT2D eigenvalue weighted by Crippen LogP contribution is -2.40. The van der Waals surface area contributed by atoms with Gasteiger partial charge in [-0.2, -0.15) is 0 Å². The van der Waals surface area contributed by atoms with Gasteiger partial charge in [0.15, 0.2) is 11.2 Å². The Hall–Kier alpha value is -3.03. The van der Waals surface area contributed by atoms with Crippen LogP contribution >= 0.6 is 0 Å². The molecule has 6 nitrogen and oxygen atoms in total. The predicted molar refractivity (Wildman–Crippen MR) is 85.4 cm³/mol.